The minimum atomic E-state index is -0.412. The lowest BCUT2D eigenvalue weighted by Crippen LogP contribution is -2.26. The Hall–Kier alpha value is -2.45. The van der Waals surface area contributed by atoms with E-state index in [1.54, 1.807) is 37.4 Å². The topological polar surface area (TPSA) is 89.5 Å². The monoisotopic (exact) mass is 389 g/mol. The van der Waals surface area contributed by atoms with E-state index in [1.807, 2.05) is 0 Å². The maximum atomic E-state index is 12.4. The number of ether oxygens (including phenoxy) is 2. The molecule has 1 amide bonds. The van der Waals surface area contributed by atoms with Gasteiger partial charge in [0.25, 0.3) is 5.91 Å². The fourth-order valence-electron chi connectivity index (χ4n) is 2.82. The van der Waals surface area contributed by atoms with Crippen LogP contribution in [0.1, 0.15) is 40.4 Å². The molecule has 1 aromatic carbocycles. The van der Waals surface area contributed by atoms with Crippen molar-refractivity contribution in [3.63, 3.8) is 0 Å². The van der Waals surface area contributed by atoms with Gasteiger partial charge >= 0.3 is 5.97 Å². The number of piperidine rings is 1. The smallest absolute Gasteiger partial charge is 0.344 e. The third-order valence-corrected chi connectivity index (χ3v) is 5.37. The Labute approximate surface area is 162 Å². The van der Waals surface area contributed by atoms with E-state index >= 15 is 0 Å². The summed E-state index contributed by atoms with van der Waals surface area (Å²) in [7, 11) is 0. The second-order valence-electron chi connectivity index (χ2n) is 6.16. The number of thiazole rings is 1. The van der Waals surface area contributed by atoms with Crippen molar-refractivity contribution in [2.24, 2.45) is 0 Å². The van der Waals surface area contributed by atoms with Crippen molar-refractivity contribution in [2.75, 3.05) is 31.6 Å². The summed E-state index contributed by atoms with van der Waals surface area (Å²) >= 11 is 1.46. The highest BCUT2D eigenvalue weighted by Crippen LogP contribution is 2.29. The molecule has 0 unspecified atom stereocenters. The van der Waals surface area contributed by atoms with Gasteiger partial charge in [-0.15, -0.1) is 11.3 Å². The average molecular weight is 389 g/mol. The van der Waals surface area contributed by atoms with Crippen LogP contribution in [0, 0.1) is 0 Å². The molecule has 8 heteroatoms. The predicted octanol–water partition coefficient (Wildman–Crippen LogP) is 2.80. The van der Waals surface area contributed by atoms with Crippen LogP contribution < -0.4 is 15.4 Å². The fourth-order valence-corrected chi connectivity index (χ4v) is 3.80. The molecule has 0 atom stereocenters. The number of nitrogens with zero attached hydrogens (tertiary/aromatic N) is 1. The van der Waals surface area contributed by atoms with E-state index < -0.39 is 5.97 Å². The number of hydrogen-bond donors (Lipinski definition) is 2. The summed E-state index contributed by atoms with van der Waals surface area (Å²) < 4.78 is 10.1. The van der Waals surface area contributed by atoms with Gasteiger partial charge in [-0.25, -0.2) is 9.78 Å². The van der Waals surface area contributed by atoms with Gasteiger partial charge in [-0.1, -0.05) is 0 Å². The summed E-state index contributed by atoms with van der Waals surface area (Å²) in [5, 5.41) is 7.22. The van der Waals surface area contributed by atoms with Gasteiger partial charge in [0, 0.05) is 11.6 Å². The van der Waals surface area contributed by atoms with Crippen molar-refractivity contribution >= 4 is 28.9 Å². The number of esters is 1. The van der Waals surface area contributed by atoms with Crippen molar-refractivity contribution < 1.29 is 19.1 Å². The molecule has 0 spiro atoms. The van der Waals surface area contributed by atoms with E-state index in [9.17, 15) is 9.59 Å². The summed E-state index contributed by atoms with van der Waals surface area (Å²) in [6, 6.07) is 6.85. The van der Waals surface area contributed by atoms with Crippen molar-refractivity contribution in [3.8, 4) is 5.75 Å². The predicted molar refractivity (Wildman–Crippen MR) is 103 cm³/mol. The van der Waals surface area contributed by atoms with Crippen LogP contribution in [-0.2, 0) is 9.53 Å². The zero-order valence-corrected chi connectivity index (χ0v) is 16.0. The first kappa shape index (κ1) is 19.3. The molecule has 7 nitrogen and oxygen atoms in total. The van der Waals surface area contributed by atoms with Gasteiger partial charge in [0.15, 0.2) is 6.61 Å². The van der Waals surface area contributed by atoms with Gasteiger partial charge < -0.3 is 20.1 Å². The highest BCUT2D eigenvalue weighted by Gasteiger charge is 2.20. The van der Waals surface area contributed by atoms with Crippen LogP contribution >= 0.6 is 11.3 Å². The van der Waals surface area contributed by atoms with Gasteiger partial charge in [-0.3, -0.25) is 4.79 Å². The van der Waals surface area contributed by atoms with Crippen molar-refractivity contribution in [1.29, 1.82) is 0 Å². The van der Waals surface area contributed by atoms with Crippen LogP contribution in [0.5, 0.6) is 5.75 Å². The zero-order chi connectivity index (χ0) is 19.1. The number of hydrogen-bond acceptors (Lipinski definition) is 7. The summed E-state index contributed by atoms with van der Waals surface area (Å²) in [4.78, 5) is 28.8. The van der Waals surface area contributed by atoms with E-state index in [2.05, 4.69) is 15.6 Å². The van der Waals surface area contributed by atoms with E-state index in [0.29, 0.717) is 28.8 Å². The molecule has 1 saturated heterocycles. The molecular formula is C19H23N3O4S. The Bertz CT molecular complexity index is 770. The lowest BCUT2D eigenvalue weighted by molar-refractivity contribution is -0.145. The molecule has 2 N–H and O–H groups in total. The van der Waals surface area contributed by atoms with Gasteiger partial charge in [0.2, 0.25) is 0 Å². The molecule has 0 aliphatic carbocycles. The van der Waals surface area contributed by atoms with Crippen LogP contribution in [0.15, 0.2) is 30.5 Å². The molecule has 144 valence electrons. The van der Waals surface area contributed by atoms with Crippen LogP contribution in [0.25, 0.3) is 0 Å². The quantitative estimate of drug-likeness (QED) is 0.708. The normalized spacial score (nSPS) is 14.6. The number of carbonyl (C=O) groups is 2. The fraction of sp³-hybridized carbons (Fsp3) is 0.421. The number of carbonyl (C=O) groups excluding carboxylic acids is 2. The van der Waals surface area contributed by atoms with Gasteiger partial charge in [-0.05, 0) is 57.1 Å². The van der Waals surface area contributed by atoms with Crippen molar-refractivity contribution in [1.82, 2.24) is 10.3 Å². The molecule has 0 saturated carbocycles. The Morgan fingerprint density at radius 2 is 2.00 bits per heavy atom. The molecule has 1 aliphatic heterocycles. The number of aromatic nitrogens is 1. The SMILES string of the molecule is CCOC(=O)COc1ccc(NC(=O)c2cnc(C3CCNCC3)s2)cc1. The minimum Gasteiger partial charge on any atom is -0.482 e. The Morgan fingerprint density at radius 1 is 1.26 bits per heavy atom. The maximum Gasteiger partial charge on any atom is 0.344 e. The van der Waals surface area contributed by atoms with Crippen LogP contribution in [0.2, 0.25) is 0 Å². The Morgan fingerprint density at radius 3 is 2.70 bits per heavy atom. The molecule has 0 bridgehead atoms. The lowest BCUT2D eigenvalue weighted by atomic mass is 9.99. The van der Waals surface area contributed by atoms with E-state index in [0.717, 1.165) is 30.9 Å². The first-order chi connectivity index (χ1) is 13.2. The Balaban J connectivity index is 1.53. The van der Waals surface area contributed by atoms with Crippen molar-refractivity contribution in [2.45, 2.75) is 25.7 Å². The third-order valence-electron chi connectivity index (χ3n) is 4.21. The third kappa shape index (κ3) is 5.51. The van der Waals surface area contributed by atoms with Gasteiger partial charge in [0.05, 0.1) is 17.8 Å². The summed E-state index contributed by atoms with van der Waals surface area (Å²) in [6.07, 6.45) is 3.76. The molecule has 1 aromatic heterocycles. The number of rotatable bonds is 7. The summed E-state index contributed by atoms with van der Waals surface area (Å²) in [5.74, 6) is 0.387. The molecule has 0 radical (unpaired) electrons. The highest BCUT2D eigenvalue weighted by atomic mass is 32.1. The number of anilines is 1. The molecule has 2 aromatic rings. The summed E-state index contributed by atoms with van der Waals surface area (Å²) in [5.41, 5.74) is 0.653. The van der Waals surface area contributed by atoms with Crippen LogP contribution in [0.3, 0.4) is 0 Å². The maximum absolute atomic E-state index is 12.4. The van der Waals surface area contributed by atoms with Gasteiger partial charge in [0.1, 0.15) is 10.6 Å². The first-order valence-corrected chi connectivity index (χ1v) is 9.83. The summed E-state index contributed by atoms with van der Waals surface area (Å²) in [6.45, 7) is 3.92. The molecule has 3 rings (SSSR count). The highest BCUT2D eigenvalue weighted by molar-refractivity contribution is 7.13. The molecule has 1 aliphatic rings. The van der Waals surface area contributed by atoms with E-state index in [-0.39, 0.29) is 12.5 Å². The average Bonchev–Trinajstić information content (AvgIpc) is 3.19. The zero-order valence-electron chi connectivity index (χ0n) is 15.2. The molecule has 1 fully saturated rings. The van der Waals surface area contributed by atoms with Crippen LogP contribution in [0.4, 0.5) is 5.69 Å². The van der Waals surface area contributed by atoms with Crippen molar-refractivity contribution in [3.05, 3.63) is 40.3 Å². The first-order valence-electron chi connectivity index (χ1n) is 9.02. The number of nitrogens with one attached hydrogen (secondary N) is 2. The lowest BCUT2D eigenvalue weighted by Gasteiger charge is -2.20. The molecular weight excluding hydrogens is 366 g/mol. The van der Waals surface area contributed by atoms with Crippen LogP contribution in [-0.4, -0.2) is 43.2 Å². The standard InChI is InChI=1S/C19H23N3O4S/c1-2-25-17(23)12-26-15-5-3-14(4-6-15)22-18(24)16-11-21-19(27-16)13-7-9-20-10-8-13/h3-6,11,13,20H,2,7-10,12H2,1H3,(H,22,24). The minimum absolute atomic E-state index is 0.139. The largest absolute Gasteiger partial charge is 0.482 e. The molecule has 27 heavy (non-hydrogen) atoms. The number of benzene rings is 1. The van der Waals surface area contributed by atoms with Gasteiger partial charge in [-0.2, -0.15) is 0 Å². The molecule has 2 heterocycles. The number of amides is 1. The Kier molecular flexibility index (Phi) is 6.78. The van der Waals surface area contributed by atoms with E-state index in [4.69, 9.17) is 9.47 Å². The second kappa shape index (κ2) is 9.48. The van der Waals surface area contributed by atoms with E-state index in [1.165, 1.54) is 11.3 Å². The second-order valence-corrected chi connectivity index (χ2v) is 7.22.